The predicted molar refractivity (Wildman–Crippen MR) is 119 cm³/mol. The molecule has 0 unspecified atom stereocenters. The standard InChI is InChI=1S/C21H21ClN8S/c22-18-15(2-7-29-10-6-24-20(18)29)31-17-12-25-16(11-26-17)28-8-3-21(4-9-28)13-30-14(19(21)23)1-5-27-30/h1-2,5-7,10-12,19H,3-4,8-9,13,23H2/t19-/m1/s1. The van der Waals surface area contributed by atoms with E-state index < -0.39 is 0 Å². The number of nitrogens with two attached hydrogens (primary N) is 1. The number of hydrogen-bond donors (Lipinski definition) is 1. The SMILES string of the molecule is N[C@@H]1c2ccnn2CC12CCN(c1cnc(Sc3ccn4ccnc4c3Cl)cn1)CC2. The van der Waals surface area contributed by atoms with Crippen LogP contribution in [0.3, 0.4) is 0 Å². The molecule has 1 spiro atoms. The third kappa shape index (κ3) is 3.10. The highest BCUT2D eigenvalue weighted by Crippen LogP contribution is 2.47. The molecule has 8 nitrogen and oxygen atoms in total. The zero-order valence-corrected chi connectivity index (χ0v) is 18.3. The van der Waals surface area contributed by atoms with E-state index in [-0.39, 0.29) is 11.5 Å². The minimum atomic E-state index is 0.0548. The van der Waals surface area contributed by atoms with Gasteiger partial charge in [0, 0.05) is 54.7 Å². The normalized spacial score (nSPS) is 19.9. The summed E-state index contributed by atoms with van der Waals surface area (Å²) in [5.74, 6) is 0.901. The number of imidazole rings is 1. The van der Waals surface area contributed by atoms with Crippen molar-refractivity contribution in [3.63, 3.8) is 0 Å². The Kier molecular flexibility index (Phi) is 4.45. The lowest BCUT2D eigenvalue weighted by Gasteiger charge is -2.41. The minimum Gasteiger partial charge on any atom is -0.355 e. The molecule has 158 valence electrons. The maximum absolute atomic E-state index is 6.59. The van der Waals surface area contributed by atoms with Gasteiger partial charge in [0.2, 0.25) is 0 Å². The smallest absolute Gasteiger partial charge is 0.156 e. The Balaban J connectivity index is 1.14. The molecule has 4 aromatic heterocycles. The monoisotopic (exact) mass is 452 g/mol. The molecule has 4 aromatic rings. The molecule has 0 aromatic carbocycles. The van der Waals surface area contributed by atoms with Crippen molar-refractivity contribution in [1.29, 1.82) is 0 Å². The molecule has 6 heterocycles. The molecule has 0 aliphatic carbocycles. The Labute approximate surface area is 188 Å². The van der Waals surface area contributed by atoms with Crippen LogP contribution in [0.2, 0.25) is 5.02 Å². The summed E-state index contributed by atoms with van der Waals surface area (Å²) >= 11 is 8.00. The van der Waals surface area contributed by atoms with Crippen LogP contribution in [0.15, 0.2) is 59.2 Å². The van der Waals surface area contributed by atoms with Crippen LogP contribution in [-0.4, -0.2) is 42.2 Å². The highest BCUT2D eigenvalue weighted by Gasteiger charge is 2.46. The molecule has 0 saturated carbocycles. The van der Waals surface area contributed by atoms with Gasteiger partial charge < -0.3 is 15.0 Å². The highest BCUT2D eigenvalue weighted by molar-refractivity contribution is 7.99. The van der Waals surface area contributed by atoms with Gasteiger partial charge in [0.25, 0.3) is 0 Å². The second-order valence-electron chi connectivity index (χ2n) is 8.21. The lowest BCUT2D eigenvalue weighted by atomic mass is 9.73. The fraction of sp³-hybridized carbons (Fsp3) is 0.333. The van der Waals surface area contributed by atoms with Crippen LogP contribution in [-0.2, 0) is 6.54 Å². The van der Waals surface area contributed by atoms with Gasteiger partial charge in [-0.15, -0.1) is 0 Å². The maximum atomic E-state index is 6.59. The molecule has 2 aliphatic heterocycles. The molecule has 31 heavy (non-hydrogen) atoms. The van der Waals surface area contributed by atoms with Crippen LogP contribution >= 0.6 is 23.4 Å². The van der Waals surface area contributed by atoms with Gasteiger partial charge in [-0.1, -0.05) is 23.4 Å². The van der Waals surface area contributed by atoms with Gasteiger partial charge in [-0.25, -0.2) is 15.0 Å². The Morgan fingerprint density at radius 3 is 2.71 bits per heavy atom. The quantitative estimate of drug-likeness (QED) is 0.509. The predicted octanol–water partition coefficient (Wildman–Crippen LogP) is 3.43. The Hall–Kier alpha value is -2.62. The Morgan fingerprint density at radius 1 is 1.06 bits per heavy atom. The fourth-order valence-corrected chi connectivity index (χ4v) is 5.82. The van der Waals surface area contributed by atoms with Gasteiger partial charge in [-0.3, -0.25) is 4.68 Å². The highest BCUT2D eigenvalue weighted by atomic mass is 35.5. The second kappa shape index (κ2) is 7.22. The number of fused-ring (bicyclic) bond motifs is 2. The summed E-state index contributed by atoms with van der Waals surface area (Å²) < 4.78 is 3.96. The van der Waals surface area contributed by atoms with E-state index in [1.165, 1.54) is 11.8 Å². The summed E-state index contributed by atoms with van der Waals surface area (Å²) in [5.41, 5.74) is 8.59. The lowest BCUT2D eigenvalue weighted by molar-refractivity contribution is 0.170. The first-order chi connectivity index (χ1) is 15.1. The van der Waals surface area contributed by atoms with Crippen molar-refractivity contribution >= 4 is 34.8 Å². The van der Waals surface area contributed by atoms with Crippen LogP contribution < -0.4 is 10.6 Å². The summed E-state index contributed by atoms with van der Waals surface area (Å²) in [6.45, 7) is 2.75. The molecule has 0 bridgehead atoms. The summed E-state index contributed by atoms with van der Waals surface area (Å²) in [6, 6.07) is 4.07. The van der Waals surface area contributed by atoms with Crippen molar-refractivity contribution < 1.29 is 0 Å². The van der Waals surface area contributed by atoms with Crippen molar-refractivity contribution in [2.24, 2.45) is 11.1 Å². The van der Waals surface area contributed by atoms with Crippen LogP contribution in [0.1, 0.15) is 24.6 Å². The van der Waals surface area contributed by atoms with E-state index in [1.807, 2.05) is 47.5 Å². The Morgan fingerprint density at radius 2 is 1.94 bits per heavy atom. The van der Waals surface area contributed by atoms with Gasteiger partial charge >= 0.3 is 0 Å². The summed E-state index contributed by atoms with van der Waals surface area (Å²) in [7, 11) is 0. The fourth-order valence-electron chi connectivity index (χ4n) is 4.75. The molecule has 2 aliphatic rings. The van der Waals surface area contributed by atoms with E-state index in [2.05, 4.69) is 29.6 Å². The molecular formula is C21H21ClN8S. The third-order valence-electron chi connectivity index (χ3n) is 6.57. The third-order valence-corrected chi connectivity index (χ3v) is 8.04. The minimum absolute atomic E-state index is 0.0548. The first kappa shape index (κ1) is 19.1. The van der Waals surface area contributed by atoms with Crippen LogP contribution in [0, 0.1) is 5.41 Å². The first-order valence-electron chi connectivity index (χ1n) is 10.3. The first-order valence-corrected chi connectivity index (χ1v) is 11.5. The number of rotatable bonds is 3. The number of piperidine rings is 1. The van der Waals surface area contributed by atoms with Crippen molar-refractivity contribution in [3.05, 3.63) is 60.0 Å². The number of anilines is 1. The molecule has 10 heteroatoms. The second-order valence-corrected chi connectivity index (χ2v) is 9.65. The van der Waals surface area contributed by atoms with Crippen molar-refractivity contribution in [3.8, 4) is 0 Å². The molecule has 0 radical (unpaired) electrons. The van der Waals surface area contributed by atoms with Crippen molar-refractivity contribution in [1.82, 2.24) is 29.1 Å². The van der Waals surface area contributed by atoms with Crippen molar-refractivity contribution in [2.45, 2.75) is 35.3 Å². The molecule has 1 saturated heterocycles. The van der Waals surface area contributed by atoms with E-state index in [0.29, 0.717) is 5.02 Å². The average Bonchev–Trinajstić information content (AvgIpc) is 3.50. The Bertz CT molecular complexity index is 1240. The van der Waals surface area contributed by atoms with E-state index in [4.69, 9.17) is 17.3 Å². The van der Waals surface area contributed by atoms with Gasteiger partial charge in [0.15, 0.2) is 5.65 Å². The van der Waals surface area contributed by atoms with E-state index in [0.717, 1.165) is 59.6 Å². The number of halogens is 1. The lowest BCUT2D eigenvalue weighted by Crippen LogP contribution is -2.45. The summed E-state index contributed by atoms with van der Waals surface area (Å²) in [5, 5.41) is 5.85. The summed E-state index contributed by atoms with van der Waals surface area (Å²) in [6.07, 6.45) is 13.1. The molecule has 1 atom stereocenters. The van der Waals surface area contributed by atoms with Crippen LogP contribution in [0.25, 0.3) is 5.65 Å². The van der Waals surface area contributed by atoms with Crippen LogP contribution in [0.5, 0.6) is 0 Å². The molecule has 6 rings (SSSR count). The zero-order valence-electron chi connectivity index (χ0n) is 16.7. The number of hydrogen-bond acceptors (Lipinski definition) is 7. The van der Waals surface area contributed by atoms with Crippen molar-refractivity contribution in [2.75, 3.05) is 18.0 Å². The van der Waals surface area contributed by atoms with E-state index in [1.54, 1.807) is 6.20 Å². The van der Waals surface area contributed by atoms with Gasteiger partial charge in [0.05, 0.1) is 29.2 Å². The number of aromatic nitrogens is 6. The summed E-state index contributed by atoms with van der Waals surface area (Å²) in [4.78, 5) is 16.8. The average molecular weight is 453 g/mol. The molecule has 0 amide bonds. The zero-order chi connectivity index (χ0) is 21.0. The largest absolute Gasteiger partial charge is 0.355 e. The molecule has 1 fully saturated rings. The van der Waals surface area contributed by atoms with E-state index in [9.17, 15) is 0 Å². The molecular weight excluding hydrogens is 432 g/mol. The van der Waals surface area contributed by atoms with Crippen LogP contribution in [0.4, 0.5) is 5.82 Å². The number of nitrogens with zero attached hydrogens (tertiary/aromatic N) is 7. The topological polar surface area (TPSA) is 90.2 Å². The van der Waals surface area contributed by atoms with Gasteiger partial charge in [-0.2, -0.15) is 5.10 Å². The van der Waals surface area contributed by atoms with E-state index >= 15 is 0 Å². The van der Waals surface area contributed by atoms with Gasteiger partial charge in [0.1, 0.15) is 10.8 Å². The number of pyridine rings is 1. The maximum Gasteiger partial charge on any atom is 0.156 e. The van der Waals surface area contributed by atoms with Gasteiger partial charge in [-0.05, 0) is 25.0 Å². The molecule has 2 N–H and O–H groups in total.